The van der Waals surface area contributed by atoms with Gasteiger partial charge in [0.1, 0.15) is 0 Å². The zero-order valence-electron chi connectivity index (χ0n) is 11.4. The van der Waals surface area contributed by atoms with Gasteiger partial charge < -0.3 is 15.4 Å². The van der Waals surface area contributed by atoms with Gasteiger partial charge in [-0.3, -0.25) is 0 Å². The summed E-state index contributed by atoms with van der Waals surface area (Å²) in [6.45, 7) is 7.08. The van der Waals surface area contributed by atoms with Crippen LogP contribution in [0.2, 0.25) is 0 Å². The van der Waals surface area contributed by atoms with E-state index < -0.39 is 0 Å². The van der Waals surface area contributed by atoms with Crippen molar-refractivity contribution in [3.8, 4) is 0 Å². The van der Waals surface area contributed by atoms with Crippen LogP contribution in [0.4, 0.5) is 5.69 Å². The van der Waals surface area contributed by atoms with Gasteiger partial charge in [0.05, 0.1) is 6.10 Å². The maximum absolute atomic E-state index is 5.86. The minimum atomic E-state index is 0.114. The van der Waals surface area contributed by atoms with Crippen molar-refractivity contribution in [3.63, 3.8) is 0 Å². The Bertz CT molecular complexity index is 353. The van der Waals surface area contributed by atoms with Crippen LogP contribution in [0.1, 0.15) is 38.3 Å². The lowest BCUT2D eigenvalue weighted by molar-refractivity contribution is 0.0459. The molecular formula is C15H24N2O. The molecule has 100 valence electrons. The number of hydrogen-bond donors (Lipinski definition) is 1. The zero-order chi connectivity index (χ0) is 13.0. The topological polar surface area (TPSA) is 38.5 Å². The van der Waals surface area contributed by atoms with Gasteiger partial charge in [-0.05, 0) is 44.4 Å². The van der Waals surface area contributed by atoms with Gasteiger partial charge in [0, 0.05) is 31.4 Å². The molecule has 0 aliphatic carbocycles. The van der Waals surface area contributed by atoms with Crippen molar-refractivity contribution >= 4 is 5.69 Å². The van der Waals surface area contributed by atoms with Crippen LogP contribution in [0, 0.1) is 0 Å². The molecule has 0 radical (unpaired) electrons. The van der Waals surface area contributed by atoms with Gasteiger partial charge >= 0.3 is 0 Å². The van der Waals surface area contributed by atoms with E-state index in [9.17, 15) is 0 Å². The lowest BCUT2D eigenvalue weighted by Crippen LogP contribution is -2.37. The smallest absolute Gasteiger partial charge is 0.0608 e. The number of nitrogens with zero attached hydrogens (tertiary/aromatic N) is 1. The highest BCUT2D eigenvalue weighted by Gasteiger charge is 2.19. The van der Waals surface area contributed by atoms with Gasteiger partial charge in [-0.2, -0.15) is 0 Å². The fourth-order valence-electron chi connectivity index (χ4n) is 2.51. The highest BCUT2D eigenvalue weighted by atomic mass is 16.5. The number of ether oxygens (including phenoxy) is 1. The molecule has 3 heteroatoms. The molecule has 0 spiro atoms. The molecule has 2 rings (SSSR count). The van der Waals surface area contributed by atoms with Crippen molar-refractivity contribution in [1.82, 2.24) is 0 Å². The largest absolute Gasteiger partial charge is 0.378 e. The molecule has 0 saturated carbocycles. The van der Waals surface area contributed by atoms with Crippen LogP contribution >= 0.6 is 0 Å². The average Bonchev–Trinajstić information content (AvgIpc) is 2.40. The summed E-state index contributed by atoms with van der Waals surface area (Å²) >= 11 is 0. The lowest BCUT2D eigenvalue weighted by atomic mass is 10.1. The van der Waals surface area contributed by atoms with E-state index >= 15 is 0 Å². The summed E-state index contributed by atoms with van der Waals surface area (Å²) in [5.41, 5.74) is 8.36. The van der Waals surface area contributed by atoms with Gasteiger partial charge in [-0.25, -0.2) is 0 Å². The molecule has 1 unspecified atom stereocenters. The summed E-state index contributed by atoms with van der Waals surface area (Å²) < 4.78 is 5.67. The third-order valence-electron chi connectivity index (χ3n) is 3.63. The predicted molar refractivity (Wildman–Crippen MR) is 75.9 cm³/mol. The fraction of sp³-hybridized carbons (Fsp3) is 0.600. The van der Waals surface area contributed by atoms with Gasteiger partial charge in [0.25, 0.3) is 0 Å². The highest BCUT2D eigenvalue weighted by molar-refractivity contribution is 5.48. The van der Waals surface area contributed by atoms with E-state index in [1.807, 2.05) is 6.92 Å². The van der Waals surface area contributed by atoms with Crippen LogP contribution in [0.5, 0.6) is 0 Å². The molecular weight excluding hydrogens is 224 g/mol. The number of rotatable bonds is 4. The first-order chi connectivity index (χ1) is 8.70. The Labute approximate surface area is 110 Å². The summed E-state index contributed by atoms with van der Waals surface area (Å²) in [5, 5.41) is 0. The summed E-state index contributed by atoms with van der Waals surface area (Å²) in [5.74, 6) is 0. The Kier molecular flexibility index (Phi) is 4.61. The summed E-state index contributed by atoms with van der Waals surface area (Å²) in [6, 6.07) is 8.74. The van der Waals surface area contributed by atoms with Gasteiger partial charge in [-0.1, -0.05) is 12.1 Å². The first kappa shape index (κ1) is 13.4. The number of piperidine rings is 1. The fourth-order valence-corrected chi connectivity index (χ4v) is 2.51. The second kappa shape index (κ2) is 6.21. The number of anilines is 1. The third kappa shape index (κ3) is 3.24. The van der Waals surface area contributed by atoms with E-state index in [-0.39, 0.29) is 6.04 Å². The molecule has 1 fully saturated rings. The Morgan fingerprint density at radius 1 is 1.28 bits per heavy atom. The van der Waals surface area contributed by atoms with Crippen molar-refractivity contribution in [2.75, 3.05) is 24.6 Å². The van der Waals surface area contributed by atoms with Gasteiger partial charge in [0.2, 0.25) is 0 Å². The summed E-state index contributed by atoms with van der Waals surface area (Å²) in [7, 11) is 0. The molecule has 1 aliphatic rings. The Morgan fingerprint density at radius 2 is 1.89 bits per heavy atom. The van der Waals surface area contributed by atoms with Crippen molar-refractivity contribution in [3.05, 3.63) is 29.8 Å². The number of benzene rings is 1. The zero-order valence-corrected chi connectivity index (χ0v) is 11.4. The maximum Gasteiger partial charge on any atom is 0.0608 e. The molecule has 1 aromatic carbocycles. The standard InChI is InChI=1S/C15H24N2O/c1-3-18-15-8-10-17(11-9-15)14-6-4-13(5-7-14)12(2)16/h4-7,12,15H,3,8-11,16H2,1-2H3. The maximum atomic E-state index is 5.86. The molecule has 3 nitrogen and oxygen atoms in total. The second-order valence-corrected chi connectivity index (χ2v) is 5.02. The predicted octanol–water partition coefficient (Wildman–Crippen LogP) is 2.71. The minimum Gasteiger partial charge on any atom is -0.378 e. The quantitative estimate of drug-likeness (QED) is 0.890. The lowest BCUT2D eigenvalue weighted by Gasteiger charge is -2.33. The van der Waals surface area contributed by atoms with Crippen molar-refractivity contribution in [2.45, 2.75) is 38.8 Å². The van der Waals surface area contributed by atoms with Crippen LogP contribution < -0.4 is 10.6 Å². The van der Waals surface area contributed by atoms with Crippen LogP contribution in [-0.4, -0.2) is 25.8 Å². The van der Waals surface area contributed by atoms with Gasteiger partial charge in [0.15, 0.2) is 0 Å². The van der Waals surface area contributed by atoms with Crippen molar-refractivity contribution in [2.24, 2.45) is 5.73 Å². The number of nitrogens with two attached hydrogens (primary N) is 1. The third-order valence-corrected chi connectivity index (χ3v) is 3.63. The molecule has 1 aromatic rings. The van der Waals surface area contributed by atoms with Gasteiger partial charge in [-0.15, -0.1) is 0 Å². The number of hydrogen-bond acceptors (Lipinski definition) is 3. The van der Waals surface area contributed by atoms with E-state index in [1.54, 1.807) is 0 Å². The summed E-state index contributed by atoms with van der Waals surface area (Å²) in [6.07, 6.45) is 2.71. The van der Waals surface area contributed by atoms with E-state index in [2.05, 4.69) is 36.1 Å². The Balaban J connectivity index is 1.93. The van der Waals surface area contributed by atoms with Crippen LogP contribution in [-0.2, 0) is 4.74 Å². The molecule has 1 atom stereocenters. The van der Waals surface area contributed by atoms with E-state index in [0.29, 0.717) is 6.10 Å². The van der Waals surface area contributed by atoms with E-state index in [1.165, 1.54) is 11.3 Å². The molecule has 18 heavy (non-hydrogen) atoms. The van der Waals surface area contributed by atoms with Crippen LogP contribution in [0.3, 0.4) is 0 Å². The molecule has 0 bridgehead atoms. The monoisotopic (exact) mass is 248 g/mol. The minimum absolute atomic E-state index is 0.114. The Hall–Kier alpha value is -1.06. The first-order valence-corrected chi connectivity index (χ1v) is 6.92. The van der Waals surface area contributed by atoms with E-state index in [4.69, 9.17) is 10.5 Å². The van der Waals surface area contributed by atoms with Crippen LogP contribution in [0.25, 0.3) is 0 Å². The molecule has 1 saturated heterocycles. The normalized spacial score (nSPS) is 18.9. The molecule has 1 heterocycles. The van der Waals surface area contributed by atoms with Crippen molar-refractivity contribution < 1.29 is 4.74 Å². The SMILES string of the molecule is CCOC1CCN(c2ccc(C(C)N)cc2)CC1. The second-order valence-electron chi connectivity index (χ2n) is 5.02. The molecule has 2 N–H and O–H groups in total. The molecule has 0 aromatic heterocycles. The van der Waals surface area contributed by atoms with Crippen molar-refractivity contribution in [1.29, 1.82) is 0 Å². The Morgan fingerprint density at radius 3 is 2.39 bits per heavy atom. The van der Waals surface area contributed by atoms with E-state index in [0.717, 1.165) is 32.5 Å². The highest BCUT2D eigenvalue weighted by Crippen LogP contribution is 2.23. The first-order valence-electron chi connectivity index (χ1n) is 6.92. The summed E-state index contributed by atoms with van der Waals surface area (Å²) in [4.78, 5) is 2.43. The molecule has 0 amide bonds. The molecule has 1 aliphatic heterocycles. The average molecular weight is 248 g/mol. The van der Waals surface area contributed by atoms with Crippen LogP contribution in [0.15, 0.2) is 24.3 Å².